The van der Waals surface area contributed by atoms with Gasteiger partial charge in [0.15, 0.2) is 5.76 Å². The zero-order valence-corrected chi connectivity index (χ0v) is 16.3. The first-order chi connectivity index (χ1) is 12.8. The summed E-state index contributed by atoms with van der Waals surface area (Å²) in [7, 11) is 0. The third-order valence-electron chi connectivity index (χ3n) is 4.53. The van der Waals surface area contributed by atoms with Crippen molar-refractivity contribution in [3.63, 3.8) is 0 Å². The van der Waals surface area contributed by atoms with E-state index in [1.807, 2.05) is 19.1 Å². The van der Waals surface area contributed by atoms with Crippen LogP contribution in [-0.2, 0) is 4.79 Å². The minimum atomic E-state index is -0.320. The minimum Gasteiger partial charge on any atom is -0.452 e. The number of ether oxygens (including phenoxy) is 2. The molecule has 1 aliphatic heterocycles. The van der Waals surface area contributed by atoms with Crippen molar-refractivity contribution in [2.24, 2.45) is 5.92 Å². The Labute approximate surface area is 159 Å². The van der Waals surface area contributed by atoms with Crippen molar-refractivity contribution in [3.8, 4) is 11.5 Å². The Balaban J connectivity index is 1.88. The molecule has 4 heteroatoms. The van der Waals surface area contributed by atoms with Gasteiger partial charge in [-0.3, -0.25) is 9.59 Å². The van der Waals surface area contributed by atoms with E-state index < -0.39 is 0 Å². The Morgan fingerprint density at radius 1 is 1.07 bits per heavy atom. The molecule has 0 unspecified atom stereocenters. The van der Waals surface area contributed by atoms with Crippen LogP contribution in [0.5, 0.6) is 11.5 Å². The molecule has 0 atom stereocenters. The smallest absolute Gasteiger partial charge is 0.313 e. The van der Waals surface area contributed by atoms with Crippen LogP contribution in [0.1, 0.15) is 60.7 Å². The van der Waals surface area contributed by atoms with Gasteiger partial charge in [-0.05, 0) is 41.7 Å². The summed E-state index contributed by atoms with van der Waals surface area (Å²) in [6.45, 7) is 9.63. The number of carbonyl (C=O) groups is 2. The van der Waals surface area contributed by atoms with Crippen molar-refractivity contribution in [1.82, 2.24) is 0 Å². The van der Waals surface area contributed by atoms with Crippen molar-refractivity contribution in [2.75, 3.05) is 0 Å². The van der Waals surface area contributed by atoms with E-state index in [-0.39, 0.29) is 23.4 Å². The lowest BCUT2D eigenvalue weighted by atomic mass is 10.0. The summed E-state index contributed by atoms with van der Waals surface area (Å²) >= 11 is 0. The third-order valence-corrected chi connectivity index (χ3v) is 4.53. The van der Waals surface area contributed by atoms with Crippen molar-refractivity contribution in [3.05, 3.63) is 64.4 Å². The second-order valence-corrected chi connectivity index (χ2v) is 7.45. The molecule has 3 rings (SSSR count). The van der Waals surface area contributed by atoms with Crippen LogP contribution in [-0.4, -0.2) is 11.8 Å². The van der Waals surface area contributed by atoms with Crippen LogP contribution in [0.3, 0.4) is 0 Å². The number of allylic oxidation sites excluding steroid dienone is 1. The van der Waals surface area contributed by atoms with Crippen LogP contribution in [0.4, 0.5) is 0 Å². The zero-order valence-electron chi connectivity index (χ0n) is 16.3. The second kappa shape index (κ2) is 7.39. The first-order valence-corrected chi connectivity index (χ1v) is 9.16. The molecule has 140 valence electrons. The van der Waals surface area contributed by atoms with Gasteiger partial charge < -0.3 is 9.47 Å². The number of fused-ring (bicyclic) bond motifs is 1. The predicted octanol–water partition coefficient (Wildman–Crippen LogP) is 5.30. The number of carbonyl (C=O) groups excluding carboxylic acids is 2. The fourth-order valence-corrected chi connectivity index (χ4v) is 2.90. The lowest BCUT2D eigenvalue weighted by molar-refractivity contribution is -0.137. The van der Waals surface area contributed by atoms with Gasteiger partial charge in [0.1, 0.15) is 11.5 Å². The predicted molar refractivity (Wildman–Crippen MR) is 105 cm³/mol. The van der Waals surface area contributed by atoms with Gasteiger partial charge in [0.05, 0.1) is 11.5 Å². The molecular weight excluding hydrogens is 340 g/mol. The highest BCUT2D eigenvalue weighted by atomic mass is 16.5. The van der Waals surface area contributed by atoms with Crippen molar-refractivity contribution >= 4 is 17.8 Å². The molecule has 0 aromatic heterocycles. The molecule has 0 amide bonds. The minimum absolute atomic E-state index is 0.155. The van der Waals surface area contributed by atoms with Gasteiger partial charge in [-0.25, -0.2) is 0 Å². The maximum Gasteiger partial charge on any atom is 0.313 e. The number of aryl methyl sites for hydroxylation is 1. The van der Waals surface area contributed by atoms with E-state index in [4.69, 9.17) is 9.47 Å². The van der Waals surface area contributed by atoms with Crippen LogP contribution in [0.15, 0.2) is 42.2 Å². The van der Waals surface area contributed by atoms with Crippen LogP contribution in [0.25, 0.3) is 6.08 Å². The van der Waals surface area contributed by atoms with Gasteiger partial charge in [0.25, 0.3) is 0 Å². The molecule has 2 aromatic carbocycles. The molecule has 0 saturated heterocycles. The maximum atomic E-state index is 12.7. The fourth-order valence-electron chi connectivity index (χ4n) is 2.90. The average molecular weight is 364 g/mol. The second-order valence-electron chi connectivity index (χ2n) is 7.45. The van der Waals surface area contributed by atoms with E-state index in [1.165, 1.54) is 5.56 Å². The van der Waals surface area contributed by atoms with Gasteiger partial charge in [0.2, 0.25) is 5.78 Å². The van der Waals surface area contributed by atoms with Crippen molar-refractivity contribution in [1.29, 1.82) is 0 Å². The highest BCUT2D eigenvalue weighted by Gasteiger charge is 2.30. The van der Waals surface area contributed by atoms with E-state index in [9.17, 15) is 9.59 Å². The Morgan fingerprint density at radius 3 is 2.33 bits per heavy atom. The number of benzene rings is 2. The fraction of sp³-hybridized carbons (Fsp3) is 0.304. The van der Waals surface area contributed by atoms with E-state index in [0.717, 1.165) is 11.1 Å². The van der Waals surface area contributed by atoms with Gasteiger partial charge in [0, 0.05) is 6.07 Å². The summed E-state index contributed by atoms with van der Waals surface area (Å²) in [6, 6.07) is 11.4. The SMILES string of the molecule is Cc1cc(OC(=O)C(C)C)cc2c1C(=O)/C(=C/c1ccc(C(C)C)cc1)O2. The Morgan fingerprint density at radius 2 is 1.74 bits per heavy atom. The maximum absolute atomic E-state index is 12.7. The largest absolute Gasteiger partial charge is 0.452 e. The molecule has 2 aromatic rings. The van der Waals surface area contributed by atoms with E-state index in [0.29, 0.717) is 23.0 Å². The summed E-state index contributed by atoms with van der Waals surface area (Å²) in [5.74, 6) is 0.840. The van der Waals surface area contributed by atoms with Crippen LogP contribution in [0.2, 0.25) is 0 Å². The normalized spacial score (nSPS) is 14.6. The van der Waals surface area contributed by atoms with E-state index in [1.54, 1.807) is 32.1 Å². The molecule has 0 saturated carbocycles. The molecule has 4 nitrogen and oxygen atoms in total. The first-order valence-electron chi connectivity index (χ1n) is 9.16. The molecule has 0 radical (unpaired) electrons. The quantitative estimate of drug-likeness (QED) is 0.420. The van der Waals surface area contributed by atoms with Crippen LogP contribution >= 0.6 is 0 Å². The molecule has 0 aliphatic carbocycles. The van der Waals surface area contributed by atoms with Gasteiger partial charge in [-0.2, -0.15) is 0 Å². The Kier molecular flexibility index (Phi) is 5.17. The monoisotopic (exact) mass is 364 g/mol. The molecule has 1 aliphatic rings. The Bertz CT molecular complexity index is 918. The number of ketones is 1. The van der Waals surface area contributed by atoms with Crippen LogP contribution < -0.4 is 9.47 Å². The molecule has 1 heterocycles. The number of rotatable bonds is 4. The van der Waals surface area contributed by atoms with E-state index >= 15 is 0 Å². The molecule has 27 heavy (non-hydrogen) atoms. The van der Waals surface area contributed by atoms with E-state index in [2.05, 4.69) is 26.0 Å². The highest BCUT2D eigenvalue weighted by Crippen LogP contribution is 2.37. The number of esters is 1. The van der Waals surface area contributed by atoms with Gasteiger partial charge in [-0.1, -0.05) is 52.0 Å². The lowest BCUT2D eigenvalue weighted by Gasteiger charge is -2.09. The summed E-state index contributed by atoms with van der Waals surface area (Å²) in [5.41, 5.74) is 3.39. The molecule has 0 spiro atoms. The average Bonchev–Trinajstić information content (AvgIpc) is 2.91. The molecule has 0 bridgehead atoms. The summed E-state index contributed by atoms with van der Waals surface area (Å²) in [5, 5.41) is 0. The van der Waals surface area contributed by atoms with Crippen LogP contribution in [0, 0.1) is 12.8 Å². The standard InChI is InChI=1S/C23H24O4/c1-13(2)17-8-6-16(7-9-17)11-20-22(24)21-15(5)10-18(12-19(21)27-20)26-23(25)14(3)4/h6-14H,1-5H3/b20-11-. The third kappa shape index (κ3) is 3.95. The summed E-state index contributed by atoms with van der Waals surface area (Å²) < 4.78 is 11.1. The Hall–Kier alpha value is -2.88. The number of Topliss-reactive ketones (excluding diaryl/α,β-unsaturated/α-hetero) is 1. The summed E-state index contributed by atoms with van der Waals surface area (Å²) in [6.07, 6.45) is 1.74. The molecule has 0 fully saturated rings. The lowest BCUT2D eigenvalue weighted by Crippen LogP contribution is -2.14. The zero-order chi connectivity index (χ0) is 19.7. The number of hydrogen-bond acceptors (Lipinski definition) is 4. The van der Waals surface area contributed by atoms with Gasteiger partial charge >= 0.3 is 5.97 Å². The first kappa shape index (κ1) is 18.9. The molecule has 0 N–H and O–H groups in total. The highest BCUT2D eigenvalue weighted by molar-refractivity contribution is 6.15. The van der Waals surface area contributed by atoms with Crippen molar-refractivity contribution < 1.29 is 19.1 Å². The van der Waals surface area contributed by atoms with Crippen molar-refractivity contribution in [2.45, 2.75) is 40.5 Å². The topological polar surface area (TPSA) is 52.6 Å². The molecular formula is C23H24O4. The summed E-state index contributed by atoms with van der Waals surface area (Å²) in [4.78, 5) is 24.6. The van der Waals surface area contributed by atoms with Gasteiger partial charge in [-0.15, -0.1) is 0 Å². The number of hydrogen-bond donors (Lipinski definition) is 0.